The van der Waals surface area contributed by atoms with Gasteiger partial charge in [0.25, 0.3) is 11.8 Å². The molecule has 0 aromatic heterocycles. The summed E-state index contributed by atoms with van der Waals surface area (Å²) in [7, 11) is -5.02. The molecule has 13 heteroatoms. The molecule has 1 N–H and O–H groups in total. The molecule has 1 fully saturated rings. The van der Waals surface area contributed by atoms with Gasteiger partial charge >= 0.3 is 65.1 Å². The monoisotopic (exact) mass is 338 g/mol. The summed E-state index contributed by atoms with van der Waals surface area (Å²) in [6.07, 6.45) is -1.91. The van der Waals surface area contributed by atoms with E-state index in [1.807, 2.05) is 0 Å². The minimum absolute atomic E-state index is 0. The molecule has 106 valence electrons. The van der Waals surface area contributed by atoms with Gasteiger partial charge in [0, 0.05) is 5.91 Å². The van der Waals surface area contributed by atoms with Gasteiger partial charge in [0.2, 0.25) is 0 Å². The van der Waals surface area contributed by atoms with E-state index in [1.54, 1.807) is 0 Å². The molecular weight excluding hydrogens is 330 g/mol. The molecule has 0 aromatic carbocycles. The van der Waals surface area contributed by atoms with E-state index < -0.39 is 58.3 Å². The number of hydrogen-bond donors (Lipinski definition) is 0. The van der Waals surface area contributed by atoms with Crippen LogP contribution in [0.25, 0.3) is 5.73 Å². The van der Waals surface area contributed by atoms with Crippen LogP contribution in [0, 0.1) is 0 Å². The maximum atomic E-state index is 11.4. The number of carbonyl (C=O) groups excluding carboxylic acids is 4. The Bertz CT molecular complexity index is 548. The van der Waals surface area contributed by atoms with Crippen molar-refractivity contribution in [1.82, 2.24) is 5.06 Å². The fraction of sp³-hybridized carbons (Fsp3) is 0.500. The van der Waals surface area contributed by atoms with Gasteiger partial charge in [0.05, 0.1) is 12.8 Å². The summed E-state index contributed by atoms with van der Waals surface area (Å²) in [5, 5.41) is -2.21. The summed E-state index contributed by atoms with van der Waals surface area (Å²) in [5.74, 6) is -4.78. The van der Waals surface area contributed by atoms with Crippen LogP contribution in [0.15, 0.2) is 0 Å². The molecule has 0 bridgehead atoms. The fourth-order valence-corrected chi connectivity index (χ4v) is 1.96. The van der Waals surface area contributed by atoms with Gasteiger partial charge < -0.3 is 19.9 Å². The smallest absolute Gasteiger partial charge is 0.747 e. The Hall–Kier alpha value is -0.0100. The van der Waals surface area contributed by atoms with Crippen LogP contribution in [-0.4, -0.2) is 47.0 Å². The zero-order valence-electron chi connectivity index (χ0n) is 11.3. The molecule has 10 nitrogen and oxygen atoms in total. The van der Waals surface area contributed by atoms with Crippen LogP contribution in [0.4, 0.5) is 0 Å². The van der Waals surface area contributed by atoms with Crippen molar-refractivity contribution in [3.63, 3.8) is 0 Å². The molecule has 0 aromatic rings. The van der Waals surface area contributed by atoms with E-state index in [9.17, 15) is 32.1 Å². The van der Waals surface area contributed by atoms with Crippen LogP contribution < -0.4 is 59.1 Å². The third-order valence-corrected chi connectivity index (χ3v) is 3.23. The summed E-state index contributed by atoms with van der Waals surface area (Å²) < 4.78 is 32.0. The van der Waals surface area contributed by atoms with Crippen molar-refractivity contribution in [1.29, 1.82) is 0 Å². The first-order valence-electron chi connectivity index (χ1n) is 4.89. The molecule has 1 saturated heterocycles. The van der Waals surface area contributed by atoms with Crippen molar-refractivity contribution < 1.29 is 96.1 Å². The van der Waals surface area contributed by atoms with Crippen LogP contribution >= 0.6 is 0 Å². The van der Waals surface area contributed by atoms with E-state index in [4.69, 9.17) is 5.73 Å². The van der Waals surface area contributed by atoms with E-state index in [1.165, 1.54) is 0 Å². The van der Waals surface area contributed by atoms with E-state index in [0.29, 0.717) is 0 Å². The van der Waals surface area contributed by atoms with Crippen molar-refractivity contribution in [3.8, 4) is 0 Å². The molecule has 0 saturated carbocycles. The first-order chi connectivity index (χ1) is 8.62. The summed E-state index contributed by atoms with van der Waals surface area (Å²) in [4.78, 5) is 48.3. The third-order valence-electron chi connectivity index (χ3n) is 2.16. The van der Waals surface area contributed by atoms with Crippen molar-refractivity contribution in [2.75, 3.05) is 0 Å². The Morgan fingerprint density at radius 1 is 1.29 bits per heavy atom. The number of nitrogens with one attached hydrogen (secondary N) is 1. The van der Waals surface area contributed by atoms with Crippen molar-refractivity contribution >= 4 is 33.8 Å². The average molecular weight is 338 g/mol. The van der Waals surface area contributed by atoms with E-state index >= 15 is 0 Å². The van der Waals surface area contributed by atoms with Crippen molar-refractivity contribution in [2.24, 2.45) is 0 Å². The quantitative estimate of drug-likeness (QED) is 0.271. The summed E-state index contributed by atoms with van der Waals surface area (Å²) in [6.45, 7) is 0. The maximum absolute atomic E-state index is 11.4. The van der Waals surface area contributed by atoms with E-state index in [2.05, 4.69) is 4.84 Å². The normalized spacial score (nSPS) is 17.8. The molecule has 1 heterocycles. The number of amides is 3. The van der Waals surface area contributed by atoms with Gasteiger partial charge in [0.1, 0.15) is 15.4 Å². The van der Waals surface area contributed by atoms with Crippen LogP contribution in [0.5, 0.6) is 0 Å². The first-order valence-corrected chi connectivity index (χ1v) is 6.37. The van der Waals surface area contributed by atoms with Crippen LogP contribution in [0.3, 0.4) is 0 Å². The Kier molecular flexibility index (Phi) is 10.2. The van der Waals surface area contributed by atoms with Crippen LogP contribution in [0.1, 0.15) is 19.3 Å². The summed E-state index contributed by atoms with van der Waals surface area (Å²) in [6, 6.07) is 0. The fourth-order valence-electron chi connectivity index (χ4n) is 1.27. The predicted octanol–water partition coefficient (Wildman–Crippen LogP) is -7.52. The van der Waals surface area contributed by atoms with E-state index in [0.717, 1.165) is 0 Å². The van der Waals surface area contributed by atoms with Crippen molar-refractivity contribution in [3.05, 3.63) is 5.73 Å². The minimum atomic E-state index is -5.02. The Balaban J connectivity index is 0. The number of imide groups is 1. The molecule has 21 heavy (non-hydrogen) atoms. The number of carbonyl (C=O) groups is 4. The first kappa shape index (κ1) is 23.3. The molecule has 1 rings (SSSR count). The summed E-state index contributed by atoms with van der Waals surface area (Å²) >= 11 is 0. The Morgan fingerprint density at radius 3 is 2.19 bits per heavy atom. The molecular formula is C8H8N2Na2O8S. The van der Waals surface area contributed by atoms with Crippen molar-refractivity contribution in [2.45, 2.75) is 24.5 Å². The second kappa shape index (κ2) is 9.20. The predicted molar refractivity (Wildman–Crippen MR) is 54.6 cm³/mol. The number of rotatable bonds is 5. The maximum Gasteiger partial charge on any atom is 1.00 e. The number of hydroxylamine groups is 2. The molecule has 1 unspecified atom stereocenters. The second-order valence-electron chi connectivity index (χ2n) is 3.60. The van der Waals surface area contributed by atoms with Gasteiger partial charge in [-0.15, -0.1) is 5.06 Å². The second-order valence-corrected chi connectivity index (χ2v) is 5.15. The molecule has 0 aliphatic carbocycles. The SMILES string of the molecule is [NH-]C(=O)CCC(=O)ON1C(=O)CC(S(=O)(=O)[O-])C1=O.[Na+].[Na+]. The molecule has 3 amide bonds. The molecule has 1 atom stereocenters. The number of nitrogens with zero attached hydrogens (tertiary/aromatic N) is 1. The minimum Gasteiger partial charge on any atom is -0.747 e. The van der Waals surface area contributed by atoms with Gasteiger partial charge in [0.15, 0.2) is 0 Å². The van der Waals surface area contributed by atoms with Crippen LogP contribution in [-0.2, 0) is 34.1 Å². The topological polar surface area (TPSA) is 162 Å². The number of hydrogen-bond acceptors (Lipinski definition) is 8. The van der Waals surface area contributed by atoms with Gasteiger partial charge in [-0.05, 0) is 6.42 Å². The molecule has 1 aliphatic rings. The zero-order chi connectivity index (χ0) is 14.8. The largest absolute Gasteiger partial charge is 1.00 e. The van der Waals surface area contributed by atoms with Gasteiger partial charge in [-0.2, -0.15) is 0 Å². The molecule has 1 aliphatic heterocycles. The van der Waals surface area contributed by atoms with E-state index in [-0.39, 0.29) is 64.2 Å². The molecule has 0 spiro atoms. The average Bonchev–Trinajstić information content (AvgIpc) is 2.54. The van der Waals surface area contributed by atoms with Gasteiger partial charge in [-0.25, -0.2) is 13.2 Å². The molecule has 0 radical (unpaired) electrons. The Labute approximate surface area is 164 Å². The van der Waals surface area contributed by atoms with Gasteiger partial charge in [-0.1, -0.05) is 0 Å². The standard InChI is InChI=1S/C8H10N2O8S.2Na/c9-5(11)1-2-7(13)18-10-6(12)3-4(8(10)14)19(15,16)17;;/h4H,1-3H2,(H3,9,11,15,16,17);;/q;2*+1/p-2. The Morgan fingerprint density at radius 2 is 1.81 bits per heavy atom. The third kappa shape index (κ3) is 6.74. The zero-order valence-corrected chi connectivity index (χ0v) is 16.1. The summed E-state index contributed by atoms with van der Waals surface area (Å²) in [5.41, 5.74) is 6.53. The van der Waals surface area contributed by atoms with Gasteiger partial charge in [-0.3, -0.25) is 9.59 Å². The van der Waals surface area contributed by atoms with Crippen LogP contribution in [0.2, 0.25) is 0 Å².